The van der Waals surface area contributed by atoms with Gasteiger partial charge in [0.2, 0.25) is 0 Å². The van der Waals surface area contributed by atoms with E-state index in [1.54, 1.807) is 0 Å². The van der Waals surface area contributed by atoms with Crippen molar-refractivity contribution in [1.82, 2.24) is 0 Å². The fraction of sp³-hybridized carbons (Fsp3) is 0.867. The molecule has 2 rings (SSSR count). The van der Waals surface area contributed by atoms with E-state index in [0.717, 1.165) is 19.3 Å². The summed E-state index contributed by atoms with van der Waals surface area (Å²) in [6.45, 7) is 8.16. The summed E-state index contributed by atoms with van der Waals surface area (Å²) in [4.78, 5) is 0. The summed E-state index contributed by atoms with van der Waals surface area (Å²) in [6, 6.07) is 0. The lowest BCUT2D eigenvalue weighted by Gasteiger charge is -2.37. The average Bonchev–Trinajstić information content (AvgIpc) is 2.62. The second kappa shape index (κ2) is 4.40. The monoisotopic (exact) mass is 238 g/mol. The van der Waals surface area contributed by atoms with Crippen molar-refractivity contribution in [2.24, 2.45) is 5.92 Å². The van der Waals surface area contributed by atoms with Crippen LogP contribution in [0.25, 0.3) is 0 Å². The molecule has 2 aliphatic rings. The van der Waals surface area contributed by atoms with E-state index < -0.39 is 5.60 Å². The molecular formula is C15H26O2. The van der Waals surface area contributed by atoms with Crippen LogP contribution in [0.2, 0.25) is 0 Å². The minimum absolute atomic E-state index is 0.000460. The molecule has 0 bridgehead atoms. The van der Waals surface area contributed by atoms with Crippen LogP contribution in [0.4, 0.5) is 0 Å². The fourth-order valence-electron chi connectivity index (χ4n) is 3.18. The standard InChI is InChI=1S/C15H26O2/c1-11-5-7-12(8-6-11)15(4)10-9-13(17-15)14(2,3)16/h5,12-13,16H,6-10H2,1-4H3/t12-,13-,15+/m1/s1. The van der Waals surface area contributed by atoms with E-state index in [4.69, 9.17) is 4.74 Å². The van der Waals surface area contributed by atoms with Gasteiger partial charge in [-0.15, -0.1) is 0 Å². The van der Waals surface area contributed by atoms with Crippen molar-refractivity contribution >= 4 is 0 Å². The number of aliphatic hydroxyl groups is 1. The minimum Gasteiger partial charge on any atom is -0.388 e. The predicted molar refractivity (Wildman–Crippen MR) is 69.9 cm³/mol. The Morgan fingerprint density at radius 3 is 2.59 bits per heavy atom. The molecule has 1 aliphatic heterocycles. The lowest BCUT2D eigenvalue weighted by Crippen LogP contribution is -2.41. The molecule has 2 nitrogen and oxygen atoms in total. The van der Waals surface area contributed by atoms with E-state index in [1.807, 2.05) is 13.8 Å². The van der Waals surface area contributed by atoms with E-state index in [0.29, 0.717) is 5.92 Å². The van der Waals surface area contributed by atoms with Gasteiger partial charge in [-0.2, -0.15) is 0 Å². The molecule has 0 unspecified atom stereocenters. The normalized spacial score (nSPS) is 39.2. The first-order valence-electron chi connectivity index (χ1n) is 6.87. The molecule has 0 aromatic heterocycles. The molecule has 1 N–H and O–H groups in total. The van der Waals surface area contributed by atoms with Gasteiger partial charge in [-0.3, -0.25) is 0 Å². The summed E-state index contributed by atoms with van der Waals surface area (Å²) >= 11 is 0. The molecule has 0 amide bonds. The largest absolute Gasteiger partial charge is 0.388 e. The average molecular weight is 238 g/mol. The highest BCUT2D eigenvalue weighted by Crippen LogP contribution is 2.44. The van der Waals surface area contributed by atoms with E-state index in [-0.39, 0.29) is 11.7 Å². The first-order valence-corrected chi connectivity index (χ1v) is 6.87. The molecule has 98 valence electrons. The zero-order valence-electron chi connectivity index (χ0n) is 11.6. The first-order chi connectivity index (χ1) is 7.81. The highest BCUT2D eigenvalue weighted by molar-refractivity contribution is 5.07. The van der Waals surface area contributed by atoms with Gasteiger partial charge in [0.25, 0.3) is 0 Å². The van der Waals surface area contributed by atoms with Crippen LogP contribution >= 0.6 is 0 Å². The minimum atomic E-state index is -0.710. The van der Waals surface area contributed by atoms with E-state index in [9.17, 15) is 5.11 Å². The van der Waals surface area contributed by atoms with Gasteiger partial charge in [0, 0.05) is 0 Å². The van der Waals surface area contributed by atoms with Crippen molar-refractivity contribution in [1.29, 1.82) is 0 Å². The third-order valence-corrected chi connectivity index (χ3v) is 4.60. The quantitative estimate of drug-likeness (QED) is 0.747. The smallest absolute Gasteiger partial charge is 0.0865 e. The summed E-state index contributed by atoms with van der Waals surface area (Å²) in [5.74, 6) is 0.624. The van der Waals surface area contributed by atoms with Crippen molar-refractivity contribution in [3.8, 4) is 0 Å². The van der Waals surface area contributed by atoms with E-state index >= 15 is 0 Å². The Morgan fingerprint density at radius 1 is 1.41 bits per heavy atom. The van der Waals surface area contributed by atoms with Crippen molar-refractivity contribution in [3.63, 3.8) is 0 Å². The summed E-state index contributed by atoms with van der Waals surface area (Å²) in [7, 11) is 0. The van der Waals surface area contributed by atoms with Crippen molar-refractivity contribution in [2.75, 3.05) is 0 Å². The van der Waals surface area contributed by atoms with Crippen LogP contribution < -0.4 is 0 Å². The topological polar surface area (TPSA) is 29.5 Å². The lowest BCUT2D eigenvalue weighted by molar-refractivity contribution is -0.135. The molecule has 0 radical (unpaired) electrons. The Morgan fingerprint density at radius 2 is 2.12 bits per heavy atom. The molecule has 2 heteroatoms. The van der Waals surface area contributed by atoms with Gasteiger partial charge in [0.15, 0.2) is 0 Å². The zero-order valence-corrected chi connectivity index (χ0v) is 11.6. The number of hydrogen-bond acceptors (Lipinski definition) is 2. The van der Waals surface area contributed by atoms with E-state index in [1.165, 1.54) is 18.4 Å². The van der Waals surface area contributed by atoms with Crippen LogP contribution in [-0.4, -0.2) is 22.4 Å². The molecule has 0 aromatic rings. The predicted octanol–water partition coefficient (Wildman–Crippen LogP) is 3.44. The van der Waals surface area contributed by atoms with Gasteiger partial charge < -0.3 is 9.84 Å². The first kappa shape index (κ1) is 13.1. The van der Waals surface area contributed by atoms with Crippen LogP contribution in [0.5, 0.6) is 0 Å². The molecule has 17 heavy (non-hydrogen) atoms. The maximum Gasteiger partial charge on any atom is 0.0865 e. The number of rotatable bonds is 2. The molecule has 1 saturated heterocycles. The van der Waals surface area contributed by atoms with Crippen LogP contribution in [-0.2, 0) is 4.74 Å². The highest BCUT2D eigenvalue weighted by Gasteiger charge is 2.46. The second-order valence-electron chi connectivity index (χ2n) is 6.63. The Bertz CT molecular complexity index is 313. The summed E-state index contributed by atoms with van der Waals surface area (Å²) in [5, 5.41) is 10.1. The zero-order chi connectivity index (χ0) is 12.7. The third-order valence-electron chi connectivity index (χ3n) is 4.60. The molecule has 3 atom stereocenters. The molecule has 0 spiro atoms. The Kier molecular flexibility index (Phi) is 3.39. The van der Waals surface area contributed by atoms with Crippen LogP contribution in [0.15, 0.2) is 11.6 Å². The highest BCUT2D eigenvalue weighted by atomic mass is 16.5. The van der Waals surface area contributed by atoms with Gasteiger partial charge in [-0.25, -0.2) is 0 Å². The molecule has 0 aromatic carbocycles. The molecule has 1 heterocycles. The molecule has 1 fully saturated rings. The molecule has 1 aliphatic carbocycles. The van der Waals surface area contributed by atoms with Crippen molar-refractivity contribution in [3.05, 3.63) is 11.6 Å². The molecular weight excluding hydrogens is 212 g/mol. The van der Waals surface area contributed by atoms with Crippen LogP contribution in [0.3, 0.4) is 0 Å². The van der Waals surface area contributed by atoms with Gasteiger partial charge >= 0.3 is 0 Å². The molecule has 0 saturated carbocycles. The van der Waals surface area contributed by atoms with E-state index in [2.05, 4.69) is 19.9 Å². The summed E-state index contributed by atoms with van der Waals surface area (Å²) < 4.78 is 6.21. The second-order valence-corrected chi connectivity index (χ2v) is 6.63. The Hall–Kier alpha value is -0.340. The van der Waals surface area contributed by atoms with Crippen molar-refractivity contribution in [2.45, 2.75) is 77.1 Å². The number of allylic oxidation sites excluding steroid dienone is 2. The van der Waals surface area contributed by atoms with Crippen LogP contribution in [0, 0.1) is 5.92 Å². The fourth-order valence-corrected chi connectivity index (χ4v) is 3.18. The number of ether oxygens (including phenoxy) is 1. The maximum atomic E-state index is 10.1. The lowest BCUT2D eigenvalue weighted by atomic mass is 9.77. The summed E-state index contributed by atoms with van der Waals surface area (Å²) in [6.07, 6.45) is 8.01. The van der Waals surface area contributed by atoms with Crippen LogP contribution in [0.1, 0.15) is 59.8 Å². The maximum absolute atomic E-state index is 10.1. The Labute approximate surface area is 105 Å². The number of hydrogen-bond donors (Lipinski definition) is 1. The summed E-state index contributed by atoms with van der Waals surface area (Å²) in [5.41, 5.74) is 0.780. The Balaban J connectivity index is 2.02. The third kappa shape index (κ3) is 2.74. The van der Waals surface area contributed by atoms with Gasteiger partial charge in [-0.05, 0) is 65.7 Å². The van der Waals surface area contributed by atoms with Crippen molar-refractivity contribution < 1.29 is 9.84 Å². The SMILES string of the molecule is CC1=CC[C@@H]([C@]2(C)CC[C@H](C(C)(C)O)O2)CC1. The van der Waals surface area contributed by atoms with Gasteiger partial charge in [0.05, 0.1) is 17.3 Å². The van der Waals surface area contributed by atoms with Gasteiger partial charge in [0.1, 0.15) is 0 Å². The van der Waals surface area contributed by atoms with Gasteiger partial charge in [-0.1, -0.05) is 11.6 Å².